The van der Waals surface area contributed by atoms with Gasteiger partial charge in [-0.3, -0.25) is 0 Å². The molecule has 140 valence electrons. The fourth-order valence-electron chi connectivity index (χ4n) is 2.45. The van der Waals surface area contributed by atoms with Crippen molar-refractivity contribution in [1.29, 1.82) is 0 Å². The summed E-state index contributed by atoms with van der Waals surface area (Å²) in [6.45, 7) is 0.443. The molecule has 0 unspecified atom stereocenters. The molecule has 0 N–H and O–H groups in total. The Morgan fingerprint density at radius 2 is 1.64 bits per heavy atom. The molecule has 8 heteroatoms. The Balaban J connectivity index is 1.40. The highest BCUT2D eigenvalue weighted by molar-refractivity contribution is 7.21. The minimum absolute atomic E-state index is 0.443. The molecule has 4 nitrogen and oxygen atoms in total. The summed E-state index contributed by atoms with van der Waals surface area (Å²) in [5.41, 5.74) is 1.87. The van der Waals surface area contributed by atoms with E-state index < -0.39 is 0 Å². The maximum Gasteiger partial charge on any atom is 0.230 e. The van der Waals surface area contributed by atoms with Crippen LogP contribution in [0.1, 0.15) is 5.56 Å². The molecule has 28 heavy (non-hydrogen) atoms. The molecule has 0 saturated carbocycles. The Bertz CT molecular complexity index is 1160. The average Bonchev–Trinajstić information content (AvgIpc) is 3.07. The molecule has 4 rings (SSSR count). The lowest BCUT2D eigenvalue weighted by Gasteiger charge is -2.08. The molecular weight excluding hydrogens is 437 g/mol. The largest absolute Gasteiger partial charge is 0.456 e. The van der Waals surface area contributed by atoms with E-state index in [1.165, 1.54) is 11.3 Å². The lowest BCUT2D eigenvalue weighted by molar-refractivity contribution is 0.482. The molecule has 0 fully saturated rings. The van der Waals surface area contributed by atoms with Gasteiger partial charge in [0.25, 0.3) is 0 Å². The van der Waals surface area contributed by atoms with Crippen molar-refractivity contribution >= 4 is 61.5 Å². The Morgan fingerprint density at radius 3 is 2.43 bits per heavy atom. The van der Waals surface area contributed by atoms with Crippen molar-refractivity contribution in [3.63, 3.8) is 0 Å². The monoisotopic (exact) mass is 447 g/mol. The highest BCUT2D eigenvalue weighted by Gasteiger charge is 2.05. The van der Waals surface area contributed by atoms with Crippen LogP contribution in [0.2, 0.25) is 15.1 Å². The van der Waals surface area contributed by atoms with E-state index in [-0.39, 0.29) is 0 Å². The zero-order valence-electron chi connectivity index (χ0n) is 14.3. The summed E-state index contributed by atoms with van der Waals surface area (Å²) in [5, 5.41) is 10.8. The molecule has 3 aromatic carbocycles. The average molecular weight is 449 g/mol. The van der Waals surface area contributed by atoms with Crippen LogP contribution < -0.4 is 4.74 Å². The first-order valence-electron chi connectivity index (χ1n) is 8.22. The number of thiazole rings is 1. The number of fused-ring (bicyclic) bond motifs is 1. The van der Waals surface area contributed by atoms with Crippen molar-refractivity contribution in [3.8, 4) is 11.5 Å². The number of benzene rings is 3. The number of aromatic nitrogens is 1. The zero-order valence-corrected chi connectivity index (χ0v) is 17.4. The van der Waals surface area contributed by atoms with Gasteiger partial charge in [-0.2, -0.15) is 5.11 Å². The van der Waals surface area contributed by atoms with Crippen molar-refractivity contribution in [2.75, 3.05) is 0 Å². The second-order valence-corrected chi connectivity index (χ2v) is 8.12. The molecule has 4 aromatic rings. The number of hydrogen-bond acceptors (Lipinski definition) is 5. The SMILES string of the molecule is Clc1ccc(Oc2ccc(CN=Nc3nc4ccc(Cl)cc4s3)cc2)c(Cl)c1. The van der Waals surface area contributed by atoms with E-state index in [1.807, 2.05) is 42.5 Å². The Kier molecular flexibility index (Phi) is 5.78. The highest BCUT2D eigenvalue weighted by Crippen LogP contribution is 2.32. The first-order chi connectivity index (χ1) is 13.6. The molecule has 0 radical (unpaired) electrons. The van der Waals surface area contributed by atoms with E-state index in [1.54, 1.807) is 18.2 Å². The molecule has 0 aliphatic carbocycles. The smallest absolute Gasteiger partial charge is 0.230 e. The van der Waals surface area contributed by atoms with Gasteiger partial charge in [-0.25, -0.2) is 4.98 Å². The number of hydrogen-bond donors (Lipinski definition) is 0. The lowest BCUT2D eigenvalue weighted by Crippen LogP contribution is -1.86. The van der Waals surface area contributed by atoms with Gasteiger partial charge in [0.05, 0.1) is 21.8 Å². The number of halogens is 3. The van der Waals surface area contributed by atoms with Gasteiger partial charge in [-0.15, -0.1) is 5.11 Å². The van der Waals surface area contributed by atoms with Gasteiger partial charge >= 0.3 is 0 Å². The van der Waals surface area contributed by atoms with Gasteiger partial charge < -0.3 is 4.74 Å². The summed E-state index contributed by atoms with van der Waals surface area (Å²) >= 11 is 19.5. The third-order valence-electron chi connectivity index (χ3n) is 3.79. The predicted molar refractivity (Wildman–Crippen MR) is 116 cm³/mol. The summed E-state index contributed by atoms with van der Waals surface area (Å²) in [6, 6.07) is 18.2. The first-order valence-corrected chi connectivity index (χ1v) is 10.2. The van der Waals surface area contributed by atoms with Crippen LogP contribution >= 0.6 is 46.1 Å². The maximum atomic E-state index is 6.13. The summed E-state index contributed by atoms with van der Waals surface area (Å²) in [7, 11) is 0. The molecule has 0 aliphatic heterocycles. The molecule has 1 aromatic heterocycles. The second kappa shape index (κ2) is 8.45. The minimum atomic E-state index is 0.443. The molecule has 0 spiro atoms. The Hall–Kier alpha value is -2.18. The van der Waals surface area contributed by atoms with Gasteiger partial charge in [0.1, 0.15) is 11.5 Å². The van der Waals surface area contributed by atoms with E-state index in [4.69, 9.17) is 39.5 Å². The van der Waals surface area contributed by atoms with Gasteiger partial charge in [-0.1, -0.05) is 58.3 Å². The highest BCUT2D eigenvalue weighted by atomic mass is 35.5. The molecule has 1 heterocycles. The third kappa shape index (κ3) is 4.62. The lowest BCUT2D eigenvalue weighted by atomic mass is 10.2. The van der Waals surface area contributed by atoms with Crippen molar-refractivity contribution in [2.24, 2.45) is 10.2 Å². The fraction of sp³-hybridized carbons (Fsp3) is 0.0500. The molecular formula is C20H12Cl3N3OS. The van der Waals surface area contributed by atoms with Crippen molar-refractivity contribution < 1.29 is 4.74 Å². The number of rotatable bonds is 5. The van der Waals surface area contributed by atoms with Crippen LogP contribution in [0.4, 0.5) is 5.13 Å². The molecule has 0 atom stereocenters. The van der Waals surface area contributed by atoms with Crippen LogP contribution in [0.3, 0.4) is 0 Å². The van der Waals surface area contributed by atoms with E-state index in [0.29, 0.717) is 38.2 Å². The first kappa shape index (κ1) is 19.2. The summed E-state index contributed by atoms with van der Waals surface area (Å²) in [5.74, 6) is 1.22. The number of ether oxygens (including phenoxy) is 1. The zero-order chi connectivity index (χ0) is 19.5. The van der Waals surface area contributed by atoms with Crippen LogP contribution in [-0.2, 0) is 6.54 Å². The van der Waals surface area contributed by atoms with Gasteiger partial charge in [0.15, 0.2) is 0 Å². The van der Waals surface area contributed by atoms with Crippen molar-refractivity contribution in [1.82, 2.24) is 4.98 Å². The van der Waals surface area contributed by atoms with Crippen LogP contribution in [0, 0.1) is 0 Å². The van der Waals surface area contributed by atoms with Crippen LogP contribution in [0.5, 0.6) is 11.5 Å². The van der Waals surface area contributed by atoms with Crippen LogP contribution in [0.25, 0.3) is 10.2 Å². The standard InChI is InChI=1S/C20H12Cl3N3OS/c21-13-4-8-18(16(23)9-13)27-15-5-1-12(2-6-15)11-24-26-20-25-17-7-3-14(22)10-19(17)28-20/h1-10H,11H2. The molecule has 0 bridgehead atoms. The van der Waals surface area contributed by atoms with Crippen molar-refractivity contribution in [2.45, 2.75) is 6.54 Å². The number of nitrogens with zero attached hydrogens (tertiary/aromatic N) is 3. The second-order valence-electron chi connectivity index (χ2n) is 5.83. The molecule has 0 amide bonds. The molecule has 0 aliphatic rings. The van der Waals surface area contributed by atoms with E-state index in [2.05, 4.69) is 15.2 Å². The molecule has 0 saturated heterocycles. The van der Waals surface area contributed by atoms with Crippen LogP contribution in [-0.4, -0.2) is 4.98 Å². The summed E-state index contributed by atoms with van der Waals surface area (Å²) < 4.78 is 6.76. The van der Waals surface area contributed by atoms with Crippen LogP contribution in [0.15, 0.2) is 70.9 Å². The quantitative estimate of drug-likeness (QED) is 0.288. The van der Waals surface area contributed by atoms with Gasteiger partial charge in [0, 0.05) is 10.0 Å². The summed E-state index contributed by atoms with van der Waals surface area (Å²) in [4.78, 5) is 4.42. The van der Waals surface area contributed by atoms with E-state index in [9.17, 15) is 0 Å². The normalized spacial score (nSPS) is 11.4. The topological polar surface area (TPSA) is 46.8 Å². The predicted octanol–water partition coefficient (Wildman–Crippen LogP) is 8.33. The van der Waals surface area contributed by atoms with E-state index >= 15 is 0 Å². The third-order valence-corrected chi connectivity index (χ3v) is 5.46. The summed E-state index contributed by atoms with van der Waals surface area (Å²) in [6.07, 6.45) is 0. The number of azo groups is 1. The van der Waals surface area contributed by atoms with Gasteiger partial charge in [0.2, 0.25) is 5.13 Å². The van der Waals surface area contributed by atoms with E-state index in [0.717, 1.165) is 15.8 Å². The van der Waals surface area contributed by atoms with Crippen molar-refractivity contribution in [3.05, 3.63) is 81.3 Å². The Morgan fingerprint density at radius 1 is 0.893 bits per heavy atom. The maximum absolute atomic E-state index is 6.13. The Labute approximate surface area is 180 Å². The fourth-order valence-corrected chi connectivity index (χ4v) is 3.98. The minimum Gasteiger partial charge on any atom is -0.456 e. The van der Waals surface area contributed by atoms with Gasteiger partial charge in [-0.05, 0) is 54.1 Å².